The molecule has 0 aliphatic heterocycles. The zero-order chi connectivity index (χ0) is 46.8. The molecule has 0 unspecified atom stereocenters. The molecule has 0 radical (unpaired) electrons. The van der Waals surface area contributed by atoms with Gasteiger partial charge in [0.2, 0.25) is 0 Å². The van der Waals surface area contributed by atoms with Crippen LogP contribution in [0, 0.1) is 11.8 Å². The number of ether oxygens (including phenoxy) is 3. The zero-order valence-electron chi connectivity index (χ0n) is 43.9. The molecule has 6 heteroatoms. The first-order valence-corrected chi connectivity index (χ1v) is 28.7. The summed E-state index contributed by atoms with van der Waals surface area (Å²) in [6.07, 6.45) is 53.7. The Morgan fingerprint density at radius 1 is 0.297 bits per heavy atom. The van der Waals surface area contributed by atoms with Gasteiger partial charge in [-0.3, -0.25) is 14.4 Å². The molecule has 0 aromatic heterocycles. The van der Waals surface area contributed by atoms with E-state index in [0.717, 1.165) is 69.6 Å². The van der Waals surface area contributed by atoms with Gasteiger partial charge in [0.1, 0.15) is 13.2 Å². The van der Waals surface area contributed by atoms with Crippen LogP contribution in [0.2, 0.25) is 0 Å². The Kier molecular flexibility index (Phi) is 49.6. The Labute approximate surface area is 399 Å². The topological polar surface area (TPSA) is 78.9 Å². The number of hydrogen-bond donors (Lipinski definition) is 0. The molecular formula is C58H112O6. The molecule has 0 aromatic carbocycles. The smallest absolute Gasteiger partial charge is 0.306 e. The van der Waals surface area contributed by atoms with Crippen LogP contribution in [0.15, 0.2) is 0 Å². The second-order valence-corrected chi connectivity index (χ2v) is 20.9. The lowest BCUT2D eigenvalue weighted by molar-refractivity contribution is -0.167. The lowest BCUT2D eigenvalue weighted by Gasteiger charge is -2.18. The first kappa shape index (κ1) is 62.4. The third kappa shape index (κ3) is 51.4. The van der Waals surface area contributed by atoms with Crippen LogP contribution in [-0.4, -0.2) is 37.2 Å². The minimum atomic E-state index is -0.762. The fraction of sp³-hybridized carbons (Fsp3) is 0.948. The summed E-state index contributed by atoms with van der Waals surface area (Å²) in [5, 5.41) is 0. The molecule has 0 amide bonds. The highest BCUT2D eigenvalue weighted by molar-refractivity contribution is 5.71. The lowest BCUT2D eigenvalue weighted by atomic mass is 10.0. The fourth-order valence-corrected chi connectivity index (χ4v) is 8.87. The highest BCUT2D eigenvalue weighted by Gasteiger charge is 2.19. The molecule has 0 heterocycles. The van der Waals surface area contributed by atoms with E-state index < -0.39 is 6.10 Å². The Morgan fingerprint density at radius 2 is 0.516 bits per heavy atom. The van der Waals surface area contributed by atoms with E-state index in [4.69, 9.17) is 14.2 Å². The quantitative estimate of drug-likeness (QED) is 0.0344. The van der Waals surface area contributed by atoms with Gasteiger partial charge in [-0.15, -0.1) is 0 Å². The van der Waals surface area contributed by atoms with Crippen LogP contribution in [0.5, 0.6) is 0 Å². The lowest BCUT2D eigenvalue weighted by Crippen LogP contribution is -2.30. The van der Waals surface area contributed by atoms with Crippen molar-refractivity contribution in [1.29, 1.82) is 0 Å². The molecule has 0 aromatic rings. The number of carbonyl (C=O) groups excluding carboxylic acids is 3. The molecule has 0 saturated carbocycles. The van der Waals surface area contributed by atoms with E-state index in [2.05, 4.69) is 34.6 Å². The van der Waals surface area contributed by atoms with E-state index in [1.165, 1.54) is 212 Å². The second kappa shape index (κ2) is 50.8. The summed E-state index contributed by atoms with van der Waals surface area (Å²) in [7, 11) is 0. The van der Waals surface area contributed by atoms with Crippen molar-refractivity contribution < 1.29 is 28.6 Å². The van der Waals surface area contributed by atoms with Crippen molar-refractivity contribution in [2.45, 2.75) is 330 Å². The molecule has 1 atom stereocenters. The second-order valence-electron chi connectivity index (χ2n) is 20.9. The number of carbonyl (C=O) groups is 3. The average molecular weight is 906 g/mol. The van der Waals surface area contributed by atoms with Crippen molar-refractivity contribution in [1.82, 2.24) is 0 Å². The van der Waals surface area contributed by atoms with Crippen LogP contribution in [0.4, 0.5) is 0 Å². The van der Waals surface area contributed by atoms with Crippen molar-refractivity contribution in [3.8, 4) is 0 Å². The Morgan fingerprint density at radius 3 is 0.766 bits per heavy atom. The van der Waals surface area contributed by atoms with E-state index in [1.807, 2.05) is 0 Å². The third-order valence-electron chi connectivity index (χ3n) is 13.2. The molecule has 0 aliphatic rings. The molecule has 64 heavy (non-hydrogen) atoms. The van der Waals surface area contributed by atoms with Crippen molar-refractivity contribution in [2.75, 3.05) is 13.2 Å². The molecule has 0 N–H and O–H groups in total. The van der Waals surface area contributed by atoms with Crippen molar-refractivity contribution in [2.24, 2.45) is 11.8 Å². The average Bonchev–Trinajstić information content (AvgIpc) is 3.27. The maximum absolute atomic E-state index is 12.8. The number of hydrogen-bond acceptors (Lipinski definition) is 6. The highest BCUT2D eigenvalue weighted by atomic mass is 16.6. The summed E-state index contributed by atoms with van der Waals surface area (Å²) in [6.45, 7) is 11.4. The van der Waals surface area contributed by atoms with Crippen LogP contribution in [0.1, 0.15) is 324 Å². The van der Waals surface area contributed by atoms with Gasteiger partial charge in [-0.25, -0.2) is 0 Å². The van der Waals surface area contributed by atoms with Crippen LogP contribution in [0.25, 0.3) is 0 Å². The van der Waals surface area contributed by atoms with E-state index in [1.54, 1.807) is 0 Å². The summed E-state index contributed by atoms with van der Waals surface area (Å²) in [5.74, 6) is 0.846. The first-order chi connectivity index (χ1) is 31.2. The van der Waals surface area contributed by atoms with Crippen molar-refractivity contribution >= 4 is 17.9 Å². The highest BCUT2D eigenvalue weighted by Crippen LogP contribution is 2.18. The molecular weight excluding hydrogens is 793 g/mol. The molecule has 0 saturated heterocycles. The SMILES string of the molecule is CCCCCCCCCCCCCCCC(=O)O[C@H](COC(=O)CCCCCCCCCCCCCCCCC(C)C)COC(=O)CCCCCCCCCCCCCCCC(C)C. The summed E-state index contributed by atoms with van der Waals surface area (Å²) < 4.78 is 16.9. The van der Waals surface area contributed by atoms with Gasteiger partial charge in [0.15, 0.2) is 6.10 Å². The maximum atomic E-state index is 12.8. The van der Waals surface area contributed by atoms with Gasteiger partial charge in [-0.05, 0) is 31.1 Å². The number of rotatable bonds is 52. The summed E-state index contributed by atoms with van der Waals surface area (Å²) in [5.41, 5.74) is 0. The largest absolute Gasteiger partial charge is 0.462 e. The predicted molar refractivity (Wildman–Crippen MR) is 275 cm³/mol. The van der Waals surface area contributed by atoms with Crippen LogP contribution in [-0.2, 0) is 28.6 Å². The third-order valence-corrected chi connectivity index (χ3v) is 13.2. The summed E-state index contributed by atoms with van der Waals surface area (Å²) >= 11 is 0. The first-order valence-electron chi connectivity index (χ1n) is 28.7. The van der Waals surface area contributed by atoms with Gasteiger partial charge in [0.05, 0.1) is 0 Å². The molecule has 6 nitrogen and oxygen atoms in total. The van der Waals surface area contributed by atoms with E-state index >= 15 is 0 Å². The summed E-state index contributed by atoms with van der Waals surface area (Å²) in [6, 6.07) is 0. The van der Waals surface area contributed by atoms with E-state index in [9.17, 15) is 14.4 Å². The molecule has 0 bridgehead atoms. The molecule has 0 spiro atoms. The Balaban J connectivity index is 4.28. The number of esters is 3. The van der Waals surface area contributed by atoms with Gasteiger partial charge >= 0.3 is 17.9 Å². The van der Waals surface area contributed by atoms with Gasteiger partial charge in [-0.2, -0.15) is 0 Å². The van der Waals surface area contributed by atoms with Gasteiger partial charge in [-0.1, -0.05) is 285 Å². The van der Waals surface area contributed by atoms with Crippen molar-refractivity contribution in [3.05, 3.63) is 0 Å². The Bertz CT molecular complexity index is 978. The Hall–Kier alpha value is -1.59. The van der Waals surface area contributed by atoms with Crippen LogP contribution < -0.4 is 0 Å². The van der Waals surface area contributed by atoms with Gasteiger partial charge < -0.3 is 14.2 Å². The standard InChI is InChI=1S/C58H112O6/c1-6-7-8-9-10-11-12-16-25-30-35-40-45-50-58(61)64-55(52-63-57(60)49-44-39-34-29-24-20-15-18-22-27-32-37-42-47-54(4)5)51-62-56(59)48-43-38-33-28-23-19-14-13-17-21-26-31-36-41-46-53(2)3/h53-55H,6-52H2,1-5H3/t55-/m1/s1. The van der Waals surface area contributed by atoms with Crippen LogP contribution >= 0.6 is 0 Å². The molecule has 0 fully saturated rings. The van der Waals surface area contributed by atoms with Crippen LogP contribution in [0.3, 0.4) is 0 Å². The van der Waals surface area contributed by atoms with Gasteiger partial charge in [0.25, 0.3) is 0 Å². The molecule has 0 rings (SSSR count). The minimum absolute atomic E-state index is 0.0626. The maximum Gasteiger partial charge on any atom is 0.306 e. The van der Waals surface area contributed by atoms with E-state index in [-0.39, 0.29) is 31.1 Å². The van der Waals surface area contributed by atoms with E-state index in [0.29, 0.717) is 19.3 Å². The van der Waals surface area contributed by atoms with Gasteiger partial charge in [0, 0.05) is 19.3 Å². The molecule has 380 valence electrons. The van der Waals surface area contributed by atoms with Crippen molar-refractivity contribution in [3.63, 3.8) is 0 Å². The predicted octanol–water partition coefficient (Wildman–Crippen LogP) is 18.9. The number of unbranched alkanes of at least 4 members (excludes halogenated alkanes) is 37. The fourth-order valence-electron chi connectivity index (χ4n) is 8.87. The molecule has 0 aliphatic carbocycles. The summed E-state index contributed by atoms with van der Waals surface area (Å²) in [4.78, 5) is 38.1. The monoisotopic (exact) mass is 905 g/mol. The normalized spacial score (nSPS) is 12.0. The minimum Gasteiger partial charge on any atom is -0.462 e. The zero-order valence-corrected chi connectivity index (χ0v) is 43.9.